The summed E-state index contributed by atoms with van der Waals surface area (Å²) in [7, 11) is 0. The smallest absolute Gasteiger partial charge is 0.274 e. The van der Waals surface area contributed by atoms with Gasteiger partial charge in [-0.1, -0.05) is 0 Å². The largest absolute Gasteiger partial charge is 0.381 e. The second kappa shape index (κ2) is 4.82. The quantitative estimate of drug-likeness (QED) is 0.644. The zero-order chi connectivity index (χ0) is 13.1. The molecule has 0 fully saturated rings. The Balaban J connectivity index is 2.14. The van der Waals surface area contributed by atoms with Gasteiger partial charge in [0.15, 0.2) is 0 Å². The summed E-state index contributed by atoms with van der Waals surface area (Å²) >= 11 is 0. The van der Waals surface area contributed by atoms with E-state index in [2.05, 4.69) is 15.5 Å². The van der Waals surface area contributed by atoms with Crippen LogP contribution >= 0.6 is 0 Å². The number of non-ortho nitro benzene ring substituents is 1. The predicted molar refractivity (Wildman–Crippen MR) is 63.7 cm³/mol. The van der Waals surface area contributed by atoms with Gasteiger partial charge in [0.25, 0.3) is 5.69 Å². The van der Waals surface area contributed by atoms with E-state index < -0.39 is 10.7 Å². The molecule has 2 N–H and O–H groups in total. The number of aryl methyl sites for hydroxylation is 1. The van der Waals surface area contributed by atoms with Crippen molar-refractivity contribution < 1.29 is 9.31 Å². The van der Waals surface area contributed by atoms with E-state index >= 15 is 0 Å². The van der Waals surface area contributed by atoms with Gasteiger partial charge in [0.1, 0.15) is 5.82 Å². The van der Waals surface area contributed by atoms with Crippen molar-refractivity contribution in [2.24, 2.45) is 0 Å². The highest BCUT2D eigenvalue weighted by molar-refractivity contribution is 5.51. The van der Waals surface area contributed by atoms with Gasteiger partial charge in [0.05, 0.1) is 17.2 Å². The van der Waals surface area contributed by atoms with Crippen LogP contribution in [0.1, 0.15) is 11.3 Å². The maximum absolute atomic E-state index is 13.2. The molecule has 0 aliphatic rings. The normalized spacial score (nSPS) is 10.3. The number of hydrogen-bond acceptors (Lipinski definition) is 4. The molecule has 1 heterocycles. The summed E-state index contributed by atoms with van der Waals surface area (Å²) in [5.41, 5.74) is 1.90. The van der Waals surface area contributed by atoms with Gasteiger partial charge in [-0.2, -0.15) is 5.10 Å². The Labute approximate surface area is 102 Å². The number of hydrogen-bond donors (Lipinski definition) is 2. The molecule has 0 atom stereocenters. The number of nitrogens with one attached hydrogen (secondary N) is 2. The Kier molecular flexibility index (Phi) is 3.22. The lowest BCUT2D eigenvalue weighted by Crippen LogP contribution is -2.01. The van der Waals surface area contributed by atoms with Crippen molar-refractivity contribution >= 4 is 11.4 Å². The number of nitro benzene ring substituents is 1. The first kappa shape index (κ1) is 12.0. The van der Waals surface area contributed by atoms with Gasteiger partial charge >= 0.3 is 0 Å². The lowest BCUT2D eigenvalue weighted by atomic mass is 10.2. The number of nitro groups is 1. The van der Waals surface area contributed by atoms with Crippen molar-refractivity contribution in [1.82, 2.24) is 10.2 Å². The zero-order valence-corrected chi connectivity index (χ0v) is 9.61. The van der Waals surface area contributed by atoms with E-state index in [9.17, 15) is 14.5 Å². The molecule has 0 saturated carbocycles. The summed E-state index contributed by atoms with van der Waals surface area (Å²) in [6.45, 7) is 2.28. The van der Waals surface area contributed by atoms with Crippen LogP contribution in [0.4, 0.5) is 15.8 Å². The maximum Gasteiger partial charge on any atom is 0.274 e. The predicted octanol–water partition coefficient (Wildman–Crippen LogP) is 2.38. The van der Waals surface area contributed by atoms with Crippen molar-refractivity contribution in [1.29, 1.82) is 0 Å². The third-order valence-electron chi connectivity index (χ3n) is 2.51. The highest BCUT2D eigenvalue weighted by atomic mass is 19.1. The van der Waals surface area contributed by atoms with E-state index in [-0.39, 0.29) is 5.69 Å². The molecule has 0 saturated heterocycles. The van der Waals surface area contributed by atoms with Crippen LogP contribution in [0.25, 0.3) is 0 Å². The Morgan fingerprint density at radius 3 is 2.89 bits per heavy atom. The summed E-state index contributed by atoms with van der Waals surface area (Å²) in [4.78, 5) is 9.96. The number of aromatic nitrogens is 2. The van der Waals surface area contributed by atoms with Crippen LogP contribution in [0, 0.1) is 22.9 Å². The minimum Gasteiger partial charge on any atom is -0.381 e. The summed E-state index contributed by atoms with van der Waals surface area (Å²) in [5, 5.41) is 20.1. The van der Waals surface area contributed by atoms with Crippen LogP contribution in [0.2, 0.25) is 0 Å². The molecule has 94 valence electrons. The zero-order valence-electron chi connectivity index (χ0n) is 9.61. The minimum absolute atomic E-state index is 0.276. The van der Waals surface area contributed by atoms with E-state index in [1.807, 2.05) is 6.92 Å². The Hall–Kier alpha value is -2.44. The fourth-order valence-corrected chi connectivity index (χ4v) is 1.53. The number of rotatable bonds is 4. The van der Waals surface area contributed by atoms with Crippen LogP contribution in [0.3, 0.4) is 0 Å². The number of H-pyrrole nitrogens is 1. The molecule has 1 aromatic heterocycles. The van der Waals surface area contributed by atoms with Crippen LogP contribution in [-0.2, 0) is 6.54 Å². The molecular formula is C11H11FN4O2. The lowest BCUT2D eigenvalue weighted by molar-refractivity contribution is -0.385. The Bertz CT molecular complexity index is 582. The van der Waals surface area contributed by atoms with Gasteiger partial charge in [-0.3, -0.25) is 15.2 Å². The third-order valence-corrected chi connectivity index (χ3v) is 2.51. The molecule has 0 spiro atoms. The molecule has 2 aromatic rings. The molecular weight excluding hydrogens is 239 g/mol. The summed E-state index contributed by atoms with van der Waals surface area (Å²) in [6, 6.07) is 3.38. The highest BCUT2D eigenvalue weighted by Gasteiger charge is 2.10. The number of benzene rings is 1. The maximum atomic E-state index is 13.2. The first-order chi connectivity index (χ1) is 8.56. The van der Waals surface area contributed by atoms with Crippen LogP contribution in [-0.4, -0.2) is 15.1 Å². The monoisotopic (exact) mass is 250 g/mol. The van der Waals surface area contributed by atoms with E-state index in [1.165, 1.54) is 12.1 Å². The van der Waals surface area contributed by atoms with Gasteiger partial charge in [-0.25, -0.2) is 4.39 Å². The third kappa shape index (κ3) is 2.62. The number of nitrogens with zero attached hydrogens (tertiary/aromatic N) is 2. The fourth-order valence-electron chi connectivity index (χ4n) is 1.53. The van der Waals surface area contributed by atoms with Gasteiger partial charge in [-0.05, 0) is 13.0 Å². The highest BCUT2D eigenvalue weighted by Crippen LogP contribution is 2.20. The number of anilines is 1. The molecule has 0 unspecified atom stereocenters. The second-order valence-corrected chi connectivity index (χ2v) is 3.83. The Morgan fingerprint density at radius 2 is 2.28 bits per heavy atom. The van der Waals surface area contributed by atoms with Crippen molar-refractivity contribution in [3.05, 3.63) is 51.6 Å². The van der Waals surface area contributed by atoms with Crippen molar-refractivity contribution in [2.75, 3.05) is 5.32 Å². The first-order valence-corrected chi connectivity index (χ1v) is 5.24. The standard InChI is InChI=1S/C11H11FN4O2/c1-7-8(6-14-15-7)5-13-10-2-9(12)3-11(4-10)16(17)18/h2-4,6,13H,5H2,1H3,(H,14,15). The van der Waals surface area contributed by atoms with Gasteiger partial charge in [0, 0.05) is 29.6 Å². The molecule has 18 heavy (non-hydrogen) atoms. The van der Waals surface area contributed by atoms with Crippen LogP contribution in [0.5, 0.6) is 0 Å². The molecule has 0 aliphatic carbocycles. The van der Waals surface area contributed by atoms with Crippen molar-refractivity contribution in [2.45, 2.75) is 13.5 Å². The molecule has 6 nitrogen and oxygen atoms in total. The molecule has 1 aromatic carbocycles. The minimum atomic E-state index is -0.643. The molecule has 0 amide bonds. The topological polar surface area (TPSA) is 83.8 Å². The van der Waals surface area contributed by atoms with Crippen molar-refractivity contribution in [3.63, 3.8) is 0 Å². The average Bonchev–Trinajstić information content (AvgIpc) is 2.71. The van der Waals surface area contributed by atoms with E-state index in [4.69, 9.17) is 0 Å². The van der Waals surface area contributed by atoms with E-state index in [0.29, 0.717) is 12.2 Å². The van der Waals surface area contributed by atoms with Gasteiger partial charge in [0.2, 0.25) is 0 Å². The summed E-state index contributed by atoms with van der Waals surface area (Å²) in [5.74, 6) is -0.643. The van der Waals surface area contributed by atoms with E-state index in [0.717, 1.165) is 17.3 Å². The summed E-state index contributed by atoms with van der Waals surface area (Å²) in [6.07, 6.45) is 1.65. The number of halogens is 1. The van der Waals surface area contributed by atoms with Crippen LogP contribution < -0.4 is 5.32 Å². The second-order valence-electron chi connectivity index (χ2n) is 3.83. The SMILES string of the molecule is Cc1[nH]ncc1CNc1cc(F)cc([N+](=O)[O-])c1. The molecule has 7 heteroatoms. The first-order valence-electron chi connectivity index (χ1n) is 5.24. The molecule has 0 aliphatic heterocycles. The molecule has 2 rings (SSSR count). The van der Waals surface area contributed by atoms with Gasteiger partial charge < -0.3 is 5.32 Å². The van der Waals surface area contributed by atoms with Crippen LogP contribution in [0.15, 0.2) is 24.4 Å². The average molecular weight is 250 g/mol. The van der Waals surface area contributed by atoms with E-state index in [1.54, 1.807) is 6.20 Å². The Morgan fingerprint density at radius 1 is 1.50 bits per heavy atom. The van der Waals surface area contributed by atoms with Gasteiger partial charge in [-0.15, -0.1) is 0 Å². The number of aromatic amines is 1. The summed E-state index contributed by atoms with van der Waals surface area (Å²) < 4.78 is 13.2. The molecule has 0 radical (unpaired) electrons. The molecule has 0 bridgehead atoms. The fraction of sp³-hybridized carbons (Fsp3) is 0.182. The lowest BCUT2D eigenvalue weighted by Gasteiger charge is -2.05. The van der Waals surface area contributed by atoms with Crippen molar-refractivity contribution in [3.8, 4) is 0 Å².